The van der Waals surface area contributed by atoms with Crippen molar-refractivity contribution in [2.24, 2.45) is 7.05 Å². The summed E-state index contributed by atoms with van der Waals surface area (Å²) in [5.74, 6) is 0.400. The van der Waals surface area contributed by atoms with E-state index in [-0.39, 0.29) is 5.91 Å². The predicted octanol–water partition coefficient (Wildman–Crippen LogP) is 2.83. The van der Waals surface area contributed by atoms with Crippen LogP contribution in [0.2, 0.25) is 0 Å². The molecule has 3 aromatic rings. The minimum atomic E-state index is -0.104. The topological polar surface area (TPSA) is 60.2 Å². The molecule has 0 spiro atoms. The highest BCUT2D eigenvalue weighted by molar-refractivity contribution is 6.06. The number of amides is 1. The molecular formula is C19H18N4O2. The number of aryl methyl sites for hydroxylation is 2. The first-order valence-electron chi connectivity index (χ1n) is 8.15. The molecule has 3 heterocycles. The number of carbonyl (C=O) groups excluding carboxylic acids is 1. The van der Waals surface area contributed by atoms with Crippen LogP contribution in [0.3, 0.4) is 0 Å². The summed E-state index contributed by atoms with van der Waals surface area (Å²) in [7, 11) is 1.79. The fourth-order valence-corrected chi connectivity index (χ4v) is 2.96. The van der Waals surface area contributed by atoms with Gasteiger partial charge >= 0.3 is 0 Å². The summed E-state index contributed by atoms with van der Waals surface area (Å²) in [5, 5.41) is 4.49. The molecule has 1 aliphatic heterocycles. The van der Waals surface area contributed by atoms with Crippen molar-refractivity contribution in [3.8, 4) is 17.1 Å². The Hall–Kier alpha value is -3.15. The summed E-state index contributed by atoms with van der Waals surface area (Å²) in [6.45, 7) is 2.82. The van der Waals surface area contributed by atoms with Crippen molar-refractivity contribution in [2.45, 2.75) is 6.92 Å². The van der Waals surface area contributed by atoms with E-state index in [1.165, 1.54) is 0 Å². The Balaban J connectivity index is 1.70. The molecule has 0 unspecified atom stereocenters. The Morgan fingerprint density at radius 2 is 1.96 bits per heavy atom. The van der Waals surface area contributed by atoms with Gasteiger partial charge < -0.3 is 4.74 Å². The standard InChI is InChI=1S/C19H18N4O2/c1-13-8-9-16-18(20-13)25-11-10-23(16)19(24)17-12-15(21-22(17)2)14-6-4-3-5-7-14/h3-9,12H,10-11H2,1-2H3. The van der Waals surface area contributed by atoms with E-state index < -0.39 is 0 Å². The van der Waals surface area contributed by atoms with E-state index in [9.17, 15) is 4.79 Å². The normalized spacial score (nSPS) is 13.3. The lowest BCUT2D eigenvalue weighted by Crippen LogP contribution is -2.39. The van der Waals surface area contributed by atoms with Gasteiger partial charge in [0.25, 0.3) is 5.91 Å². The van der Waals surface area contributed by atoms with E-state index >= 15 is 0 Å². The molecule has 0 fully saturated rings. The van der Waals surface area contributed by atoms with Crippen molar-refractivity contribution in [3.63, 3.8) is 0 Å². The lowest BCUT2D eigenvalue weighted by Gasteiger charge is -2.28. The Labute approximate surface area is 145 Å². The molecule has 6 nitrogen and oxygen atoms in total. The molecule has 25 heavy (non-hydrogen) atoms. The summed E-state index contributed by atoms with van der Waals surface area (Å²) in [6, 6.07) is 15.4. The number of aromatic nitrogens is 3. The highest BCUT2D eigenvalue weighted by Gasteiger charge is 2.28. The van der Waals surface area contributed by atoms with Crippen LogP contribution in [0.1, 0.15) is 16.2 Å². The molecule has 0 bridgehead atoms. The fraction of sp³-hybridized carbons (Fsp3) is 0.211. The molecule has 0 N–H and O–H groups in total. The molecule has 1 aromatic carbocycles. The third kappa shape index (κ3) is 2.76. The van der Waals surface area contributed by atoms with Gasteiger partial charge in [-0.2, -0.15) is 5.10 Å². The summed E-state index contributed by atoms with van der Waals surface area (Å²) in [4.78, 5) is 19.2. The van der Waals surface area contributed by atoms with Crippen molar-refractivity contribution < 1.29 is 9.53 Å². The summed E-state index contributed by atoms with van der Waals surface area (Å²) in [6.07, 6.45) is 0. The van der Waals surface area contributed by atoms with Gasteiger partial charge in [0.05, 0.1) is 12.2 Å². The van der Waals surface area contributed by atoms with Crippen molar-refractivity contribution in [1.29, 1.82) is 0 Å². The first-order valence-corrected chi connectivity index (χ1v) is 8.15. The molecule has 0 atom stereocenters. The lowest BCUT2D eigenvalue weighted by molar-refractivity contribution is 0.0966. The minimum absolute atomic E-state index is 0.104. The maximum atomic E-state index is 13.1. The van der Waals surface area contributed by atoms with Gasteiger partial charge in [0.1, 0.15) is 18.0 Å². The number of fused-ring (bicyclic) bond motifs is 1. The maximum Gasteiger partial charge on any atom is 0.276 e. The second kappa shape index (κ2) is 6.05. The van der Waals surface area contributed by atoms with Gasteiger partial charge in [-0.25, -0.2) is 4.98 Å². The molecule has 0 saturated heterocycles. The van der Waals surface area contributed by atoms with Gasteiger partial charge in [0.15, 0.2) is 0 Å². The number of pyridine rings is 1. The zero-order valence-electron chi connectivity index (χ0n) is 14.1. The fourth-order valence-electron chi connectivity index (χ4n) is 2.96. The molecule has 6 heteroatoms. The molecule has 1 aliphatic rings. The van der Waals surface area contributed by atoms with Gasteiger partial charge in [0.2, 0.25) is 5.88 Å². The van der Waals surface area contributed by atoms with E-state index in [1.807, 2.05) is 55.5 Å². The molecule has 0 saturated carbocycles. The molecule has 4 rings (SSSR count). The first-order chi connectivity index (χ1) is 12.1. The second-order valence-electron chi connectivity index (χ2n) is 5.99. The van der Waals surface area contributed by atoms with Crippen LogP contribution in [0.15, 0.2) is 48.5 Å². The van der Waals surface area contributed by atoms with E-state index in [2.05, 4.69) is 10.1 Å². The van der Waals surface area contributed by atoms with E-state index in [0.29, 0.717) is 30.4 Å². The smallest absolute Gasteiger partial charge is 0.276 e. The molecule has 0 aliphatic carbocycles. The zero-order chi connectivity index (χ0) is 17.4. The summed E-state index contributed by atoms with van der Waals surface area (Å²) in [5.41, 5.74) is 3.86. The number of ether oxygens (including phenoxy) is 1. The number of nitrogens with zero attached hydrogens (tertiary/aromatic N) is 4. The van der Waals surface area contributed by atoms with Gasteiger partial charge in [-0.05, 0) is 25.1 Å². The number of hydrogen-bond donors (Lipinski definition) is 0. The lowest BCUT2D eigenvalue weighted by atomic mass is 10.1. The van der Waals surface area contributed by atoms with E-state index in [4.69, 9.17) is 4.74 Å². The third-order valence-corrected chi connectivity index (χ3v) is 4.24. The van der Waals surface area contributed by atoms with Crippen molar-refractivity contribution >= 4 is 11.6 Å². The van der Waals surface area contributed by atoms with Crippen LogP contribution >= 0.6 is 0 Å². The van der Waals surface area contributed by atoms with Gasteiger partial charge in [-0.15, -0.1) is 0 Å². The average Bonchev–Trinajstić information content (AvgIpc) is 3.03. The van der Waals surface area contributed by atoms with Crippen LogP contribution in [0.4, 0.5) is 5.69 Å². The van der Waals surface area contributed by atoms with Crippen LogP contribution in [0.5, 0.6) is 5.88 Å². The van der Waals surface area contributed by atoms with Crippen molar-refractivity contribution in [1.82, 2.24) is 14.8 Å². The first kappa shape index (κ1) is 15.4. The molecule has 126 valence electrons. The monoisotopic (exact) mass is 334 g/mol. The maximum absolute atomic E-state index is 13.1. The zero-order valence-corrected chi connectivity index (χ0v) is 14.1. The SMILES string of the molecule is Cc1ccc2c(n1)OCCN2C(=O)c1cc(-c2ccccc2)nn1C. The van der Waals surface area contributed by atoms with E-state index in [0.717, 1.165) is 17.0 Å². The van der Waals surface area contributed by atoms with Crippen LogP contribution in [-0.2, 0) is 7.05 Å². The number of anilines is 1. The highest BCUT2D eigenvalue weighted by Crippen LogP contribution is 2.31. The van der Waals surface area contributed by atoms with Crippen LogP contribution in [-0.4, -0.2) is 33.8 Å². The Morgan fingerprint density at radius 1 is 1.16 bits per heavy atom. The predicted molar refractivity (Wildman–Crippen MR) is 94.8 cm³/mol. The number of rotatable bonds is 2. The van der Waals surface area contributed by atoms with Crippen LogP contribution in [0, 0.1) is 6.92 Å². The van der Waals surface area contributed by atoms with Gasteiger partial charge in [-0.1, -0.05) is 30.3 Å². The van der Waals surface area contributed by atoms with E-state index in [1.54, 1.807) is 16.6 Å². The van der Waals surface area contributed by atoms with Crippen molar-refractivity contribution in [2.75, 3.05) is 18.1 Å². The van der Waals surface area contributed by atoms with Crippen LogP contribution in [0.25, 0.3) is 11.3 Å². The molecule has 1 amide bonds. The largest absolute Gasteiger partial charge is 0.474 e. The Morgan fingerprint density at radius 3 is 2.76 bits per heavy atom. The molecule has 2 aromatic heterocycles. The summed E-state index contributed by atoms with van der Waals surface area (Å²) < 4.78 is 7.22. The third-order valence-electron chi connectivity index (χ3n) is 4.24. The molecule has 0 radical (unpaired) electrons. The minimum Gasteiger partial charge on any atom is -0.474 e. The quantitative estimate of drug-likeness (QED) is 0.723. The number of benzene rings is 1. The van der Waals surface area contributed by atoms with Gasteiger partial charge in [-0.3, -0.25) is 14.4 Å². The average molecular weight is 334 g/mol. The van der Waals surface area contributed by atoms with Crippen molar-refractivity contribution in [3.05, 3.63) is 59.9 Å². The molecular weight excluding hydrogens is 316 g/mol. The van der Waals surface area contributed by atoms with Crippen LogP contribution < -0.4 is 9.64 Å². The Kier molecular flexibility index (Phi) is 3.72. The highest BCUT2D eigenvalue weighted by atomic mass is 16.5. The number of hydrogen-bond acceptors (Lipinski definition) is 4. The number of carbonyl (C=O) groups is 1. The Bertz CT molecular complexity index is 934. The second-order valence-corrected chi connectivity index (χ2v) is 5.99. The summed E-state index contributed by atoms with van der Waals surface area (Å²) >= 11 is 0. The van der Waals surface area contributed by atoms with Gasteiger partial charge in [0, 0.05) is 18.3 Å².